The molecule has 0 spiro atoms. The van der Waals surface area contributed by atoms with Gasteiger partial charge in [0.05, 0.1) is 22.3 Å². The number of hydrogen-bond acceptors (Lipinski definition) is 6. The van der Waals surface area contributed by atoms with Gasteiger partial charge in [0.1, 0.15) is 5.56 Å². The topological polar surface area (TPSA) is 63.5 Å². The predicted octanol–water partition coefficient (Wildman–Crippen LogP) is 3.63. The fourth-order valence-electron chi connectivity index (χ4n) is 2.70. The number of thiazole rings is 1. The molecule has 0 unspecified atom stereocenters. The standard InChI is InChI=1S/C18H22ClN5O2S.ClH/c1-11-6-7-13(19)15-14(11)20-18(27-15)24(9-8-22(2)3)17(25)12-10-23(4)21-16(12)26-5;/h6-7,10H,8-9H2,1-5H3;1H. The van der Waals surface area contributed by atoms with Gasteiger partial charge in [0.25, 0.3) is 5.91 Å². The lowest BCUT2D eigenvalue weighted by Gasteiger charge is -2.21. The number of hydrogen-bond donors (Lipinski definition) is 0. The first kappa shape index (κ1) is 22.4. The maximum absolute atomic E-state index is 13.3. The van der Waals surface area contributed by atoms with Gasteiger partial charge in [0.2, 0.25) is 5.88 Å². The molecule has 3 aromatic rings. The third-order valence-corrected chi connectivity index (χ3v) is 5.69. The smallest absolute Gasteiger partial charge is 0.267 e. The predicted molar refractivity (Wildman–Crippen MR) is 117 cm³/mol. The molecule has 3 rings (SSSR count). The number of nitrogens with zero attached hydrogens (tertiary/aromatic N) is 5. The molecule has 0 radical (unpaired) electrons. The van der Waals surface area contributed by atoms with Crippen LogP contribution in [0.5, 0.6) is 5.88 Å². The number of ether oxygens (including phenoxy) is 1. The van der Waals surface area contributed by atoms with E-state index in [1.54, 1.807) is 22.8 Å². The zero-order valence-electron chi connectivity index (χ0n) is 16.4. The Morgan fingerprint density at radius 1 is 1.32 bits per heavy atom. The molecule has 10 heteroatoms. The summed E-state index contributed by atoms with van der Waals surface area (Å²) >= 11 is 7.76. The van der Waals surface area contributed by atoms with E-state index in [0.29, 0.717) is 34.7 Å². The first-order valence-electron chi connectivity index (χ1n) is 8.41. The molecule has 2 heterocycles. The molecule has 2 aromatic heterocycles. The van der Waals surface area contributed by atoms with Gasteiger partial charge in [-0.25, -0.2) is 4.98 Å². The van der Waals surface area contributed by atoms with E-state index in [1.807, 2.05) is 38.1 Å². The molecule has 0 aliphatic carbocycles. The van der Waals surface area contributed by atoms with Crippen molar-refractivity contribution in [1.29, 1.82) is 0 Å². The molecule has 1 amide bonds. The summed E-state index contributed by atoms with van der Waals surface area (Å²) in [6, 6.07) is 3.79. The maximum atomic E-state index is 13.3. The molecule has 0 N–H and O–H groups in total. The first-order valence-corrected chi connectivity index (χ1v) is 9.61. The van der Waals surface area contributed by atoms with E-state index in [9.17, 15) is 4.79 Å². The van der Waals surface area contributed by atoms with Gasteiger partial charge in [-0.2, -0.15) is 0 Å². The molecule has 0 bridgehead atoms. The van der Waals surface area contributed by atoms with Gasteiger partial charge in [-0.15, -0.1) is 17.5 Å². The van der Waals surface area contributed by atoms with Crippen molar-refractivity contribution in [3.8, 4) is 5.88 Å². The minimum atomic E-state index is -0.199. The van der Waals surface area contributed by atoms with Crippen molar-refractivity contribution in [2.24, 2.45) is 7.05 Å². The minimum absolute atomic E-state index is 0. The highest BCUT2D eigenvalue weighted by atomic mass is 35.5. The van der Waals surface area contributed by atoms with Crippen LogP contribution >= 0.6 is 35.3 Å². The lowest BCUT2D eigenvalue weighted by atomic mass is 10.2. The number of carbonyl (C=O) groups is 1. The highest BCUT2D eigenvalue weighted by molar-refractivity contribution is 7.23. The van der Waals surface area contributed by atoms with Crippen LogP contribution in [-0.2, 0) is 7.05 Å². The van der Waals surface area contributed by atoms with Crippen molar-refractivity contribution in [2.75, 3.05) is 39.2 Å². The van der Waals surface area contributed by atoms with Gasteiger partial charge < -0.3 is 9.64 Å². The zero-order valence-corrected chi connectivity index (χ0v) is 18.8. The van der Waals surface area contributed by atoms with E-state index >= 15 is 0 Å². The summed E-state index contributed by atoms with van der Waals surface area (Å²) in [5, 5.41) is 5.44. The molecule has 0 aliphatic rings. The van der Waals surface area contributed by atoms with E-state index < -0.39 is 0 Å². The van der Waals surface area contributed by atoms with Crippen LogP contribution in [0.1, 0.15) is 15.9 Å². The molecule has 7 nitrogen and oxygen atoms in total. The van der Waals surface area contributed by atoms with Crippen molar-refractivity contribution in [2.45, 2.75) is 6.92 Å². The monoisotopic (exact) mass is 443 g/mol. The van der Waals surface area contributed by atoms with Gasteiger partial charge in [-0.3, -0.25) is 14.4 Å². The Balaban J connectivity index is 0.00000280. The second kappa shape index (κ2) is 9.09. The van der Waals surface area contributed by atoms with Gasteiger partial charge in [0.15, 0.2) is 5.13 Å². The van der Waals surface area contributed by atoms with E-state index in [-0.39, 0.29) is 18.3 Å². The largest absolute Gasteiger partial charge is 0.479 e. The van der Waals surface area contributed by atoms with Crippen LogP contribution in [0.2, 0.25) is 5.02 Å². The number of carbonyl (C=O) groups excluding carboxylic acids is 1. The molecular formula is C18H23Cl2N5O2S. The average Bonchev–Trinajstić information content (AvgIpc) is 3.22. The van der Waals surface area contributed by atoms with Crippen LogP contribution in [0.4, 0.5) is 5.13 Å². The van der Waals surface area contributed by atoms with E-state index in [1.165, 1.54) is 18.4 Å². The number of halogens is 2. The number of methoxy groups -OCH3 is 1. The molecule has 1 aromatic carbocycles. The van der Waals surface area contributed by atoms with Gasteiger partial charge in [0, 0.05) is 26.3 Å². The third kappa shape index (κ3) is 4.41. The van der Waals surface area contributed by atoms with Gasteiger partial charge in [-0.05, 0) is 32.6 Å². The summed E-state index contributed by atoms with van der Waals surface area (Å²) in [4.78, 5) is 21.7. The second-order valence-corrected chi connectivity index (χ2v) is 7.91. The van der Waals surface area contributed by atoms with Gasteiger partial charge in [-0.1, -0.05) is 29.0 Å². The number of benzene rings is 1. The zero-order chi connectivity index (χ0) is 19.7. The second-order valence-electron chi connectivity index (χ2n) is 6.52. The van der Waals surface area contributed by atoms with Gasteiger partial charge >= 0.3 is 0 Å². The number of anilines is 1. The summed E-state index contributed by atoms with van der Waals surface area (Å²) < 4.78 is 7.72. The Morgan fingerprint density at radius 2 is 2.04 bits per heavy atom. The lowest BCUT2D eigenvalue weighted by Crippen LogP contribution is -2.36. The Hall–Kier alpha value is -1.87. The minimum Gasteiger partial charge on any atom is -0.479 e. The number of likely N-dealkylation sites (N-methyl/N-ethyl adjacent to an activating group) is 1. The van der Waals surface area contributed by atoms with Crippen LogP contribution < -0.4 is 9.64 Å². The highest BCUT2D eigenvalue weighted by Crippen LogP contribution is 2.36. The third-order valence-electron chi connectivity index (χ3n) is 4.15. The first-order chi connectivity index (χ1) is 12.8. The average molecular weight is 444 g/mol. The van der Waals surface area contributed by atoms with Crippen molar-refractivity contribution in [3.05, 3.63) is 34.5 Å². The highest BCUT2D eigenvalue weighted by Gasteiger charge is 2.26. The van der Waals surface area contributed by atoms with Crippen LogP contribution in [-0.4, -0.2) is 59.9 Å². The molecule has 0 saturated heterocycles. The Labute approximate surface area is 179 Å². The van der Waals surface area contributed by atoms with Crippen molar-refractivity contribution < 1.29 is 9.53 Å². The van der Waals surface area contributed by atoms with Crippen molar-refractivity contribution in [3.63, 3.8) is 0 Å². The fraction of sp³-hybridized carbons (Fsp3) is 0.389. The van der Waals surface area contributed by atoms with Crippen LogP contribution in [0.25, 0.3) is 10.2 Å². The van der Waals surface area contributed by atoms with Crippen LogP contribution in [0, 0.1) is 6.92 Å². The summed E-state index contributed by atoms with van der Waals surface area (Å²) in [6.07, 6.45) is 1.66. The fourth-order valence-corrected chi connectivity index (χ4v) is 4.04. The molecule has 0 aliphatic heterocycles. The lowest BCUT2D eigenvalue weighted by molar-refractivity contribution is 0.0982. The Kier molecular flexibility index (Phi) is 7.28. The van der Waals surface area contributed by atoms with Crippen molar-refractivity contribution >= 4 is 56.6 Å². The molecule has 0 saturated carbocycles. The van der Waals surface area contributed by atoms with E-state index in [0.717, 1.165) is 15.8 Å². The van der Waals surface area contributed by atoms with Crippen LogP contribution in [0.15, 0.2) is 18.3 Å². The van der Waals surface area contributed by atoms with Crippen LogP contribution in [0.3, 0.4) is 0 Å². The Morgan fingerprint density at radius 3 is 2.64 bits per heavy atom. The van der Waals surface area contributed by atoms with E-state index in [4.69, 9.17) is 21.3 Å². The quantitative estimate of drug-likeness (QED) is 0.581. The summed E-state index contributed by atoms with van der Waals surface area (Å²) in [5.41, 5.74) is 2.25. The number of rotatable bonds is 6. The number of aryl methyl sites for hydroxylation is 2. The number of amides is 1. The normalized spacial score (nSPS) is 11.0. The number of aromatic nitrogens is 3. The summed E-state index contributed by atoms with van der Waals surface area (Å²) in [5.74, 6) is 0.0994. The molecule has 0 fully saturated rings. The summed E-state index contributed by atoms with van der Waals surface area (Å²) in [6.45, 7) is 3.16. The molecule has 152 valence electrons. The SMILES string of the molecule is COc1nn(C)cc1C(=O)N(CCN(C)C)c1nc2c(C)ccc(Cl)c2s1.Cl. The molecule has 28 heavy (non-hydrogen) atoms. The molecule has 0 atom stereocenters. The summed E-state index contributed by atoms with van der Waals surface area (Å²) in [7, 11) is 7.19. The Bertz CT molecular complexity index is 947. The maximum Gasteiger partial charge on any atom is 0.267 e. The van der Waals surface area contributed by atoms with E-state index in [2.05, 4.69) is 5.10 Å². The molecular weight excluding hydrogens is 421 g/mol. The number of fused-ring (bicyclic) bond motifs is 1. The van der Waals surface area contributed by atoms with Crippen molar-refractivity contribution in [1.82, 2.24) is 19.7 Å².